The smallest absolute Gasteiger partial charge is 0.327 e. The van der Waals surface area contributed by atoms with E-state index in [0.717, 1.165) is 21.1 Å². The van der Waals surface area contributed by atoms with Gasteiger partial charge in [0.1, 0.15) is 6.04 Å². The second-order valence-electron chi connectivity index (χ2n) is 8.33. The van der Waals surface area contributed by atoms with E-state index < -0.39 is 28.3 Å². The normalized spacial score (nSPS) is 17.9. The van der Waals surface area contributed by atoms with Crippen LogP contribution in [-0.4, -0.2) is 79.4 Å². The van der Waals surface area contributed by atoms with Crippen LogP contribution < -0.4 is 4.72 Å². The minimum Gasteiger partial charge on any atom is -0.465 e. The Morgan fingerprint density at radius 1 is 1.24 bits per heavy atom. The molecule has 0 bridgehead atoms. The van der Waals surface area contributed by atoms with Crippen LogP contribution >= 0.6 is 11.6 Å². The molecule has 0 spiro atoms. The van der Waals surface area contributed by atoms with Gasteiger partial charge in [0.25, 0.3) is 0 Å². The van der Waals surface area contributed by atoms with Gasteiger partial charge in [-0.25, -0.2) is 9.73 Å². The standard InChI is InChI=1S/C25H32ClN5O5S/c1-5-31(23(17(3)32)24(33)36-6-2)37(34,35)29-25(27-4)30-16-21(18-10-8-7-9-11-18)22(28-30)19-12-14-20(26)15-13-19/h7-15,17,21,23,32H,5-6,16H2,1-4H3,(H,27,29). The van der Waals surface area contributed by atoms with E-state index in [4.69, 9.17) is 21.4 Å². The molecule has 3 atom stereocenters. The number of guanidine groups is 1. The number of hydrogen-bond donors (Lipinski definition) is 2. The molecule has 12 heteroatoms. The number of aliphatic hydroxyl groups excluding tert-OH is 1. The summed E-state index contributed by atoms with van der Waals surface area (Å²) in [5, 5.41) is 17.0. The Balaban J connectivity index is 1.94. The first-order chi connectivity index (χ1) is 17.6. The minimum atomic E-state index is -4.34. The molecule has 2 N–H and O–H groups in total. The maximum Gasteiger partial charge on any atom is 0.327 e. The molecule has 200 valence electrons. The molecule has 37 heavy (non-hydrogen) atoms. The first-order valence-electron chi connectivity index (χ1n) is 11.9. The second kappa shape index (κ2) is 12.5. The second-order valence-corrected chi connectivity index (χ2v) is 10.4. The van der Waals surface area contributed by atoms with Crippen LogP contribution in [0.4, 0.5) is 0 Å². The third-order valence-electron chi connectivity index (χ3n) is 5.85. The summed E-state index contributed by atoms with van der Waals surface area (Å²) in [5.41, 5.74) is 2.57. The molecule has 3 rings (SSSR count). The number of rotatable bonds is 9. The third kappa shape index (κ3) is 6.67. The summed E-state index contributed by atoms with van der Waals surface area (Å²) >= 11 is 6.08. The van der Waals surface area contributed by atoms with Crippen molar-refractivity contribution in [2.75, 3.05) is 26.7 Å². The average Bonchev–Trinajstić information content (AvgIpc) is 3.31. The van der Waals surface area contributed by atoms with E-state index in [-0.39, 0.29) is 25.0 Å². The van der Waals surface area contributed by atoms with Gasteiger partial charge in [-0.05, 0) is 37.1 Å². The fraction of sp³-hybridized carbons (Fsp3) is 0.400. The molecule has 0 saturated carbocycles. The van der Waals surface area contributed by atoms with Gasteiger partial charge in [0.05, 0.1) is 25.0 Å². The van der Waals surface area contributed by atoms with Crippen molar-refractivity contribution in [2.45, 2.75) is 38.8 Å². The minimum absolute atomic E-state index is 0.0310. The van der Waals surface area contributed by atoms with Crippen LogP contribution in [0, 0.1) is 0 Å². The largest absolute Gasteiger partial charge is 0.465 e. The highest BCUT2D eigenvalue weighted by Gasteiger charge is 2.40. The maximum absolute atomic E-state index is 13.4. The monoisotopic (exact) mass is 549 g/mol. The number of nitrogens with one attached hydrogen (secondary N) is 1. The summed E-state index contributed by atoms with van der Waals surface area (Å²) in [6.07, 6.45) is -1.30. The Kier molecular flexibility index (Phi) is 9.66. The first kappa shape index (κ1) is 28.6. The van der Waals surface area contributed by atoms with E-state index >= 15 is 0 Å². The molecule has 2 aromatic carbocycles. The highest BCUT2D eigenvalue weighted by molar-refractivity contribution is 7.87. The van der Waals surface area contributed by atoms with Crippen molar-refractivity contribution in [3.8, 4) is 0 Å². The van der Waals surface area contributed by atoms with Gasteiger partial charge < -0.3 is 9.84 Å². The van der Waals surface area contributed by atoms with Gasteiger partial charge in [-0.3, -0.25) is 9.79 Å². The SMILES string of the molecule is CCOC(=O)C(C(C)O)N(CC)S(=O)(=O)NC(=NC)N1CC(c2ccccc2)C(c2ccc(Cl)cc2)=N1. The van der Waals surface area contributed by atoms with Crippen LogP contribution in [-0.2, 0) is 19.7 Å². The zero-order chi connectivity index (χ0) is 27.2. The Labute approximate surface area is 222 Å². The van der Waals surface area contributed by atoms with Gasteiger partial charge >= 0.3 is 16.2 Å². The zero-order valence-electron chi connectivity index (χ0n) is 21.2. The Morgan fingerprint density at radius 3 is 2.43 bits per heavy atom. The molecule has 0 aromatic heterocycles. The van der Waals surface area contributed by atoms with Crippen LogP contribution in [0.2, 0.25) is 5.02 Å². The number of likely N-dealkylation sites (N-methyl/N-ethyl adjacent to an activating group) is 1. The van der Waals surface area contributed by atoms with Gasteiger partial charge in [0.2, 0.25) is 5.96 Å². The number of aliphatic hydroxyl groups is 1. The predicted molar refractivity (Wildman–Crippen MR) is 144 cm³/mol. The lowest BCUT2D eigenvalue weighted by atomic mass is 9.91. The van der Waals surface area contributed by atoms with Crippen molar-refractivity contribution < 1.29 is 23.1 Å². The molecular weight excluding hydrogens is 518 g/mol. The molecule has 1 heterocycles. The van der Waals surface area contributed by atoms with Crippen LogP contribution in [0.3, 0.4) is 0 Å². The number of esters is 1. The van der Waals surface area contributed by atoms with E-state index in [9.17, 15) is 18.3 Å². The molecule has 10 nitrogen and oxygen atoms in total. The average molecular weight is 550 g/mol. The third-order valence-corrected chi connectivity index (χ3v) is 7.64. The quantitative estimate of drug-likeness (QED) is 0.281. The molecule has 0 saturated heterocycles. The summed E-state index contributed by atoms with van der Waals surface area (Å²) in [6.45, 7) is 4.78. The fourth-order valence-electron chi connectivity index (χ4n) is 4.15. The van der Waals surface area contributed by atoms with E-state index in [1.165, 1.54) is 19.0 Å². The number of carbonyl (C=O) groups excluding carboxylic acids is 1. The molecule has 0 fully saturated rings. The van der Waals surface area contributed by atoms with E-state index in [1.807, 2.05) is 42.5 Å². The maximum atomic E-state index is 13.4. The molecule has 1 aliphatic rings. The molecule has 0 radical (unpaired) electrons. The lowest BCUT2D eigenvalue weighted by Gasteiger charge is -2.31. The van der Waals surface area contributed by atoms with E-state index in [1.54, 1.807) is 26.0 Å². The Morgan fingerprint density at radius 2 is 1.89 bits per heavy atom. The molecule has 1 aliphatic heterocycles. The van der Waals surface area contributed by atoms with Crippen molar-refractivity contribution in [1.29, 1.82) is 0 Å². The molecule has 0 amide bonds. The van der Waals surface area contributed by atoms with Crippen LogP contribution in [0.15, 0.2) is 64.7 Å². The van der Waals surface area contributed by atoms with Gasteiger partial charge in [-0.15, -0.1) is 0 Å². The number of carbonyl (C=O) groups is 1. The summed E-state index contributed by atoms with van der Waals surface area (Å²) in [4.78, 5) is 16.6. The van der Waals surface area contributed by atoms with Gasteiger partial charge in [-0.1, -0.05) is 61.0 Å². The zero-order valence-corrected chi connectivity index (χ0v) is 22.8. The van der Waals surface area contributed by atoms with E-state index in [2.05, 4.69) is 9.71 Å². The van der Waals surface area contributed by atoms with Gasteiger partial charge in [0, 0.05) is 24.5 Å². The van der Waals surface area contributed by atoms with Crippen molar-refractivity contribution in [3.63, 3.8) is 0 Å². The van der Waals surface area contributed by atoms with Crippen LogP contribution in [0.5, 0.6) is 0 Å². The molecule has 0 aliphatic carbocycles. The summed E-state index contributed by atoms with van der Waals surface area (Å²) in [5.74, 6) is -1.04. The predicted octanol–water partition coefficient (Wildman–Crippen LogP) is 2.60. The van der Waals surface area contributed by atoms with Crippen molar-refractivity contribution >= 4 is 39.5 Å². The molecular formula is C25H32ClN5O5S. The highest BCUT2D eigenvalue weighted by Crippen LogP contribution is 2.29. The summed E-state index contributed by atoms with van der Waals surface area (Å²) in [6, 6.07) is 15.6. The molecule has 3 unspecified atom stereocenters. The summed E-state index contributed by atoms with van der Waals surface area (Å²) < 4.78 is 35.1. The number of hydrazone groups is 1. The Bertz CT molecular complexity index is 1240. The topological polar surface area (TPSA) is 124 Å². The van der Waals surface area contributed by atoms with Gasteiger partial charge in [0.15, 0.2) is 0 Å². The lowest BCUT2D eigenvalue weighted by Crippen LogP contribution is -2.56. The van der Waals surface area contributed by atoms with Crippen molar-refractivity contribution in [1.82, 2.24) is 14.0 Å². The van der Waals surface area contributed by atoms with Crippen LogP contribution in [0.25, 0.3) is 0 Å². The lowest BCUT2D eigenvalue weighted by molar-refractivity contribution is -0.151. The van der Waals surface area contributed by atoms with Crippen LogP contribution in [0.1, 0.15) is 37.8 Å². The Hall–Kier alpha value is -2.99. The fourth-order valence-corrected chi connectivity index (χ4v) is 5.72. The number of halogens is 1. The van der Waals surface area contributed by atoms with Crippen molar-refractivity contribution in [3.05, 3.63) is 70.7 Å². The van der Waals surface area contributed by atoms with E-state index in [0.29, 0.717) is 11.6 Å². The summed E-state index contributed by atoms with van der Waals surface area (Å²) in [7, 11) is -2.89. The molecule has 2 aromatic rings. The number of nitrogens with zero attached hydrogens (tertiary/aromatic N) is 4. The number of aliphatic imine (C=N–C) groups is 1. The highest BCUT2D eigenvalue weighted by atomic mass is 35.5. The van der Waals surface area contributed by atoms with Crippen molar-refractivity contribution in [2.24, 2.45) is 10.1 Å². The van der Waals surface area contributed by atoms with Gasteiger partial charge in [-0.2, -0.15) is 17.8 Å². The number of hydrogen-bond acceptors (Lipinski definition) is 7. The first-order valence-corrected chi connectivity index (χ1v) is 13.7. The number of benzene rings is 2. The number of ether oxygens (including phenoxy) is 1.